The second-order valence-electron chi connectivity index (χ2n) is 19.5. The van der Waals surface area contributed by atoms with Gasteiger partial charge in [0.1, 0.15) is 23.4 Å². The van der Waals surface area contributed by atoms with Crippen molar-refractivity contribution in [2.75, 3.05) is 0 Å². The average molecular weight is 699 g/mol. The van der Waals surface area contributed by atoms with Gasteiger partial charge >= 0.3 is 23.9 Å². The van der Waals surface area contributed by atoms with Crippen LogP contribution in [-0.2, 0) is 38.1 Å². The number of ether oxygens (including phenoxy) is 4. The van der Waals surface area contributed by atoms with Crippen LogP contribution in [0.2, 0.25) is 0 Å². The largest absolute Gasteiger partial charge is 0.459 e. The van der Waals surface area contributed by atoms with E-state index in [1.165, 1.54) is 0 Å². The van der Waals surface area contributed by atoms with Crippen LogP contribution in [0.3, 0.4) is 0 Å². The zero-order valence-corrected chi connectivity index (χ0v) is 31.5. The highest BCUT2D eigenvalue weighted by Crippen LogP contribution is 2.60. The second-order valence-corrected chi connectivity index (χ2v) is 19.5. The maximum Gasteiger partial charge on any atom is 0.312 e. The van der Waals surface area contributed by atoms with Crippen molar-refractivity contribution in [2.24, 2.45) is 45.8 Å². The monoisotopic (exact) mass is 698 g/mol. The molecule has 1 N–H and O–H groups in total. The first-order valence-electron chi connectivity index (χ1n) is 20.1. The molecule has 0 amide bonds. The molecule has 1 heterocycles. The van der Waals surface area contributed by atoms with E-state index in [2.05, 4.69) is 6.92 Å². The molecule has 9 heteroatoms. The molecule has 1 saturated heterocycles. The number of carbonyl (C=O) groups excluding carboxylic acids is 4. The minimum Gasteiger partial charge on any atom is -0.459 e. The van der Waals surface area contributed by atoms with Gasteiger partial charge in [-0.2, -0.15) is 0 Å². The lowest BCUT2D eigenvalue weighted by Gasteiger charge is -2.59. The van der Waals surface area contributed by atoms with Gasteiger partial charge in [-0.15, -0.1) is 0 Å². The van der Waals surface area contributed by atoms with Crippen molar-refractivity contribution in [2.45, 2.75) is 186 Å². The summed E-state index contributed by atoms with van der Waals surface area (Å²) in [4.78, 5) is 54.6. The predicted molar refractivity (Wildman–Crippen MR) is 184 cm³/mol. The maximum atomic E-state index is 14.6. The number of hydrogen-bond donors (Lipinski definition) is 1. The summed E-state index contributed by atoms with van der Waals surface area (Å²) in [6.07, 6.45) is 12.5. The molecular formula is C41H62O9. The van der Waals surface area contributed by atoms with Crippen molar-refractivity contribution in [3.8, 4) is 0 Å². The molecule has 6 bridgehead atoms. The molecule has 50 heavy (non-hydrogen) atoms. The summed E-state index contributed by atoms with van der Waals surface area (Å²) >= 11 is 0. The van der Waals surface area contributed by atoms with Crippen LogP contribution in [0.15, 0.2) is 0 Å². The predicted octanol–water partition coefficient (Wildman–Crippen LogP) is 7.38. The lowest BCUT2D eigenvalue weighted by molar-refractivity contribution is -0.227. The SMILES string of the molecule is CCC1(OC(=O)C(C)(C)CCC(C)(CCC(C)(CC)C(=O)OC2C3CC4C(=O)OC2C4C3)C(=O)OC23CC4CC(CC(O)(C4)C2)C3)CCCC1. The number of aliphatic hydroxyl groups is 1. The summed E-state index contributed by atoms with van der Waals surface area (Å²) < 4.78 is 24.7. The molecule has 280 valence electrons. The van der Waals surface area contributed by atoms with Gasteiger partial charge in [-0.05, 0) is 149 Å². The van der Waals surface area contributed by atoms with E-state index in [1.807, 2.05) is 34.6 Å². The molecule has 7 saturated carbocycles. The van der Waals surface area contributed by atoms with Crippen molar-refractivity contribution < 1.29 is 43.2 Å². The highest BCUT2D eigenvalue weighted by atomic mass is 16.6. The Morgan fingerprint density at radius 1 is 0.820 bits per heavy atom. The third-order valence-corrected chi connectivity index (χ3v) is 15.3. The number of fused-ring (bicyclic) bond motifs is 1. The molecular weight excluding hydrogens is 636 g/mol. The van der Waals surface area contributed by atoms with Gasteiger partial charge in [0, 0.05) is 18.3 Å². The first-order valence-corrected chi connectivity index (χ1v) is 20.1. The van der Waals surface area contributed by atoms with E-state index in [-0.39, 0.29) is 47.7 Å². The zero-order chi connectivity index (χ0) is 35.9. The van der Waals surface area contributed by atoms with E-state index in [4.69, 9.17) is 18.9 Å². The van der Waals surface area contributed by atoms with Gasteiger partial charge in [0.15, 0.2) is 0 Å². The smallest absolute Gasteiger partial charge is 0.312 e. The lowest BCUT2D eigenvalue weighted by atomic mass is 9.52. The first kappa shape index (κ1) is 36.2. The fourth-order valence-corrected chi connectivity index (χ4v) is 11.8. The topological polar surface area (TPSA) is 125 Å². The number of rotatable bonds is 14. The average Bonchev–Trinajstić information content (AvgIpc) is 3.81. The minimum absolute atomic E-state index is 0.0499. The summed E-state index contributed by atoms with van der Waals surface area (Å²) in [5.41, 5.74) is -4.46. The Morgan fingerprint density at radius 2 is 1.46 bits per heavy atom. The summed E-state index contributed by atoms with van der Waals surface area (Å²) in [7, 11) is 0. The molecule has 8 fully saturated rings. The summed E-state index contributed by atoms with van der Waals surface area (Å²) in [5.74, 6) is 0.0181. The molecule has 0 radical (unpaired) electrons. The second kappa shape index (κ2) is 12.5. The lowest BCUT2D eigenvalue weighted by Crippen LogP contribution is -2.61. The van der Waals surface area contributed by atoms with E-state index in [1.54, 1.807) is 0 Å². The summed E-state index contributed by atoms with van der Waals surface area (Å²) in [5, 5.41) is 11.4. The third kappa shape index (κ3) is 6.31. The Labute approximate surface area is 298 Å². The normalized spacial score (nSPS) is 39.9. The van der Waals surface area contributed by atoms with Crippen molar-refractivity contribution in [3.05, 3.63) is 0 Å². The van der Waals surface area contributed by atoms with Gasteiger partial charge in [0.25, 0.3) is 0 Å². The fraction of sp³-hybridized carbons (Fsp3) is 0.902. The number of carbonyl (C=O) groups is 4. The van der Waals surface area contributed by atoms with Crippen LogP contribution in [0.4, 0.5) is 0 Å². The molecule has 8 rings (SSSR count). The third-order valence-electron chi connectivity index (χ3n) is 15.3. The van der Waals surface area contributed by atoms with Gasteiger partial charge < -0.3 is 24.1 Å². The molecule has 7 aliphatic carbocycles. The molecule has 9 nitrogen and oxygen atoms in total. The molecule has 9 unspecified atom stereocenters. The van der Waals surface area contributed by atoms with Gasteiger partial charge in [-0.3, -0.25) is 19.2 Å². The Bertz CT molecular complexity index is 1370. The quantitative estimate of drug-likeness (QED) is 0.146. The molecule has 0 aromatic rings. The molecule has 9 atom stereocenters. The Morgan fingerprint density at radius 3 is 2.08 bits per heavy atom. The highest BCUT2D eigenvalue weighted by Gasteiger charge is 2.64. The molecule has 1 aliphatic heterocycles. The van der Waals surface area contributed by atoms with Crippen LogP contribution in [-0.4, -0.2) is 58.0 Å². The number of esters is 4. The van der Waals surface area contributed by atoms with Crippen LogP contribution in [0, 0.1) is 45.8 Å². The Hall–Kier alpha value is -2.16. The van der Waals surface area contributed by atoms with Crippen molar-refractivity contribution in [1.82, 2.24) is 0 Å². The number of hydrogen-bond acceptors (Lipinski definition) is 9. The van der Waals surface area contributed by atoms with Gasteiger partial charge in [0.05, 0.1) is 27.8 Å². The van der Waals surface area contributed by atoms with Gasteiger partial charge in [-0.25, -0.2) is 0 Å². The van der Waals surface area contributed by atoms with Crippen LogP contribution >= 0.6 is 0 Å². The Kier molecular flexibility index (Phi) is 9.03. The Balaban J connectivity index is 1.07. The van der Waals surface area contributed by atoms with Gasteiger partial charge in [-0.1, -0.05) is 13.8 Å². The van der Waals surface area contributed by atoms with E-state index in [0.29, 0.717) is 50.4 Å². The molecule has 0 spiro atoms. The standard InChI is InChI=1S/C41H62O9/c1-7-37(5,34(44)48-30-27-18-28-29(19-27)32(42)47-31(28)30)15-16-38(6,14-13-36(3,4)33(43)49-40(8-2)11-9-10-12-40)35(45)50-41-22-25-17-26(23-41)21-39(46,20-25)24-41/h25-31,46H,7-24H2,1-6H3. The van der Waals surface area contributed by atoms with Crippen LogP contribution < -0.4 is 0 Å². The summed E-state index contributed by atoms with van der Waals surface area (Å²) in [6, 6.07) is 0. The van der Waals surface area contributed by atoms with Crippen LogP contribution in [0.25, 0.3) is 0 Å². The molecule has 8 aliphatic rings. The highest BCUT2D eigenvalue weighted by molar-refractivity contribution is 5.80. The molecule has 0 aromatic carbocycles. The van der Waals surface area contributed by atoms with E-state index >= 15 is 0 Å². The van der Waals surface area contributed by atoms with Crippen molar-refractivity contribution in [3.63, 3.8) is 0 Å². The zero-order valence-electron chi connectivity index (χ0n) is 31.5. The van der Waals surface area contributed by atoms with Gasteiger partial charge in [0.2, 0.25) is 0 Å². The maximum absolute atomic E-state index is 14.6. The van der Waals surface area contributed by atoms with E-state index < -0.39 is 39.2 Å². The van der Waals surface area contributed by atoms with Crippen LogP contribution in [0.5, 0.6) is 0 Å². The summed E-state index contributed by atoms with van der Waals surface area (Å²) in [6.45, 7) is 11.7. The minimum atomic E-state index is -0.976. The van der Waals surface area contributed by atoms with E-state index in [9.17, 15) is 24.3 Å². The van der Waals surface area contributed by atoms with Crippen molar-refractivity contribution in [1.29, 1.82) is 0 Å². The molecule has 0 aromatic heterocycles. The van der Waals surface area contributed by atoms with Crippen molar-refractivity contribution >= 4 is 23.9 Å². The van der Waals surface area contributed by atoms with Crippen LogP contribution in [0.1, 0.15) is 157 Å². The first-order chi connectivity index (χ1) is 23.4. The fourth-order valence-electron chi connectivity index (χ4n) is 11.8. The van der Waals surface area contributed by atoms with E-state index in [0.717, 1.165) is 77.0 Å².